The molecule has 2 aliphatic heterocycles. The molecular weight excluding hydrogens is 366 g/mol. The van der Waals surface area contributed by atoms with Gasteiger partial charge in [0.1, 0.15) is 5.75 Å². The van der Waals surface area contributed by atoms with Crippen LogP contribution in [0.15, 0.2) is 54.9 Å². The van der Waals surface area contributed by atoms with Gasteiger partial charge in [-0.25, -0.2) is 0 Å². The molecule has 2 aliphatic rings. The number of esters is 1. The number of carbonyl (C=O) groups excluding carboxylic acids is 1. The van der Waals surface area contributed by atoms with Gasteiger partial charge in [0.05, 0.1) is 26.4 Å². The molecule has 2 heterocycles. The summed E-state index contributed by atoms with van der Waals surface area (Å²) >= 11 is 0. The molecule has 0 aliphatic carbocycles. The summed E-state index contributed by atoms with van der Waals surface area (Å²) in [5, 5.41) is 3.19. The maximum Gasteiger partial charge on any atom is 0.306 e. The van der Waals surface area contributed by atoms with Gasteiger partial charge in [-0.05, 0) is 66.8 Å². The van der Waals surface area contributed by atoms with Crippen molar-refractivity contribution in [1.82, 2.24) is 5.32 Å². The van der Waals surface area contributed by atoms with Crippen molar-refractivity contribution < 1.29 is 19.0 Å². The van der Waals surface area contributed by atoms with Gasteiger partial charge in [0.2, 0.25) is 0 Å². The average Bonchev–Trinajstić information content (AvgIpc) is 2.76. The molecular formula is C24H31NO4. The smallest absolute Gasteiger partial charge is 0.306 e. The van der Waals surface area contributed by atoms with Crippen molar-refractivity contribution in [2.75, 3.05) is 26.4 Å². The maximum atomic E-state index is 12.0. The summed E-state index contributed by atoms with van der Waals surface area (Å²) in [7, 11) is 0. The highest BCUT2D eigenvalue weighted by Crippen LogP contribution is 2.38. The minimum Gasteiger partial charge on any atom is -0.493 e. The van der Waals surface area contributed by atoms with Crippen LogP contribution in [-0.2, 0) is 20.7 Å². The Morgan fingerprint density at radius 2 is 2.28 bits per heavy atom. The Morgan fingerprint density at radius 1 is 1.34 bits per heavy atom. The monoisotopic (exact) mass is 397 g/mol. The van der Waals surface area contributed by atoms with Gasteiger partial charge in [0.25, 0.3) is 0 Å². The highest BCUT2D eigenvalue weighted by Gasteiger charge is 2.23. The summed E-state index contributed by atoms with van der Waals surface area (Å²) in [6.45, 7) is 5.86. The van der Waals surface area contributed by atoms with Crippen LogP contribution in [0.25, 0.3) is 0 Å². The maximum absolute atomic E-state index is 12.0. The molecule has 0 fully saturated rings. The summed E-state index contributed by atoms with van der Waals surface area (Å²) in [5.41, 5.74) is 3.83. The van der Waals surface area contributed by atoms with Gasteiger partial charge in [-0.2, -0.15) is 0 Å². The number of fused-ring (bicyclic) bond motifs is 1. The Kier molecular flexibility index (Phi) is 8.38. The molecule has 1 N–H and O–H groups in total. The van der Waals surface area contributed by atoms with E-state index in [1.165, 1.54) is 11.1 Å². The minimum atomic E-state index is -0.163. The van der Waals surface area contributed by atoms with Crippen molar-refractivity contribution >= 4 is 5.97 Å². The normalized spacial score (nSPS) is 17.5. The van der Waals surface area contributed by atoms with Crippen LogP contribution in [0.1, 0.15) is 49.1 Å². The van der Waals surface area contributed by atoms with Crippen LogP contribution in [-0.4, -0.2) is 32.4 Å². The predicted octanol–water partition coefficient (Wildman–Crippen LogP) is 4.40. The summed E-state index contributed by atoms with van der Waals surface area (Å²) in [6, 6.07) is 6.32. The molecule has 0 saturated heterocycles. The fraction of sp³-hybridized carbons (Fsp3) is 0.458. The van der Waals surface area contributed by atoms with Crippen molar-refractivity contribution in [3.63, 3.8) is 0 Å². The number of carbonyl (C=O) groups is 1. The third kappa shape index (κ3) is 6.79. The molecule has 3 rings (SSSR count). The van der Waals surface area contributed by atoms with Crippen molar-refractivity contribution in [1.29, 1.82) is 0 Å². The van der Waals surface area contributed by atoms with Crippen LogP contribution < -0.4 is 10.1 Å². The molecule has 0 radical (unpaired) electrons. The Hall–Kier alpha value is -2.53. The second-order valence-electron chi connectivity index (χ2n) is 7.42. The number of ether oxygens (including phenoxy) is 3. The molecule has 0 spiro atoms. The first-order valence-electron chi connectivity index (χ1n) is 10.4. The van der Waals surface area contributed by atoms with Gasteiger partial charge in [0, 0.05) is 12.8 Å². The Bertz CT molecular complexity index is 753. The molecule has 0 amide bonds. The van der Waals surface area contributed by atoms with E-state index in [0.29, 0.717) is 45.0 Å². The van der Waals surface area contributed by atoms with Crippen LogP contribution in [0.2, 0.25) is 0 Å². The zero-order valence-electron chi connectivity index (χ0n) is 17.0. The molecule has 156 valence electrons. The Balaban J connectivity index is 1.48. The van der Waals surface area contributed by atoms with Crippen molar-refractivity contribution in [2.45, 2.75) is 44.4 Å². The lowest BCUT2D eigenvalue weighted by Crippen LogP contribution is -2.16. The molecule has 1 aromatic rings. The SMILES string of the molecule is C=CCOCCCOC(=O)CCc1ccc2c(c1)C(CC1=CNC=CC1)CCO2. The molecule has 0 aromatic heterocycles. The largest absolute Gasteiger partial charge is 0.493 e. The van der Waals surface area contributed by atoms with Crippen LogP contribution in [0.4, 0.5) is 0 Å². The van der Waals surface area contributed by atoms with E-state index in [1.54, 1.807) is 6.08 Å². The number of rotatable bonds is 11. The van der Waals surface area contributed by atoms with Crippen molar-refractivity contribution in [3.8, 4) is 5.75 Å². The first kappa shape index (κ1) is 21.2. The molecule has 1 unspecified atom stereocenters. The third-order valence-corrected chi connectivity index (χ3v) is 5.18. The van der Waals surface area contributed by atoms with E-state index in [0.717, 1.165) is 37.2 Å². The van der Waals surface area contributed by atoms with E-state index < -0.39 is 0 Å². The van der Waals surface area contributed by atoms with Crippen LogP contribution in [0.3, 0.4) is 0 Å². The van der Waals surface area contributed by atoms with Gasteiger partial charge in [-0.3, -0.25) is 4.79 Å². The summed E-state index contributed by atoms with van der Waals surface area (Å²) in [5.74, 6) is 1.28. The average molecular weight is 398 g/mol. The highest BCUT2D eigenvalue weighted by molar-refractivity contribution is 5.69. The van der Waals surface area contributed by atoms with E-state index in [9.17, 15) is 4.79 Å². The molecule has 5 heteroatoms. The lowest BCUT2D eigenvalue weighted by Gasteiger charge is -2.27. The van der Waals surface area contributed by atoms with Gasteiger partial charge in [-0.1, -0.05) is 24.3 Å². The number of hydrogen-bond donors (Lipinski definition) is 1. The van der Waals surface area contributed by atoms with Crippen molar-refractivity contribution in [2.24, 2.45) is 0 Å². The Morgan fingerprint density at radius 3 is 3.10 bits per heavy atom. The highest BCUT2D eigenvalue weighted by atomic mass is 16.5. The van der Waals surface area contributed by atoms with Gasteiger partial charge < -0.3 is 19.5 Å². The first-order valence-corrected chi connectivity index (χ1v) is 10.4. The molecule has 5 nitrogen and oxygen atoms in total. The molecule has 0 saturated carbocycles. The molecule has 0 bridgehead atoms. The summed E-state index contributed by atoms with van der Waals surface area (Å²) < 4.78 is 16.4. The third-order valence-electron chi connectivity index (χ3n) is 5.18. The summed E-state index contributed by atoms with van der Waals surface area (Å²) in [4.78, 5) is 12.0. The molecule has 1 aromatic carbocycles. The van der Waals surface area contributed by atoms with Crippen molar-refractivity contribution in [3.05, 3.63) is 66.0 Å². The second kappa shape index (κ2) is 11.5. The number of hydrogen-bond acceptors (Lipinski definition) is 5. The van der Waals surface area contributed by atoms with E-state index in [1.807, 2.05) is 12.3 Å². The van der Waals surface area contributed by atoms with Crippen LogP contribution in [0, 0.1) is 0 Å². The molecule has 29 heavy (non-hydrogen) atoms. The number of nitrogens with one attached hydrogen (secondary N) is 1. The lowest BCUT2D eigenvalue weighted by atomic mass is 9.85. The second-order valence-corrected chi connectivity index (χ2v) is 7.42. The fourth-order valence-corrected chi connectivity index (χ4v) is 3.68. The van der Waals surface area contributed by atoms with E-state index >= 15 is 0 Å². The Labute approximate surface area is 173 Å². The van der Waals surface area contributed by atoms with Crippen LogP contribution in [0.5, 0.6) is 5.75 Å². The quantitative estimate of drug-likeness (QED) is 0.341. The lowest BCUT2D eigenvalue weighted by molar-refractivity contribution is -0.143. The standard InChI is InChI=1S/C24H31NO4/c1-2-12-27-13-4-14-29-24(26)9-7-19-6-8-23-22(17-19)21(10-15-28-23)16-20-5-3-11-25-18-20/h2-3,6,8,11,17-18,21,25H,1,4-5,7,9-10,12-16H2. The van der Waals surface area contributed by atoms with Crippen LogP contribution >= 0.6 is 0 Å². The van der Waals surface area contributed by atoms with Gasteiger partial charge in [-0.15, -0.1) is 6.58 Å². The fourth-order valence-electron chi connectivity index (χ4n) is 3.68. The topological polar surface area (TPSA) is 56.8 Å². The number of benzene rings is 1. The minimum absolute atomic E-state index is 0.163. The zero-order valence-corrected chi connectivity index (χ0v) is 17.0. The number of dihydropyridines is 1. The zero-order chi connectivity index (χ0) is 20.3. The van der Waals surface area contributed by atoms with Gasteiger partial charge >= 0.3 is 5.97 Å². The van der Waals surface area contributed by atoms with Gasteiger partial charge in [0.15, 0.2) is 0 Å². The predicted molar refractivity (Wildman–Crippen MR) is 114 cm³/mol. The molecule has 1 atom stereocenters. The number of aryl methyl sites for hydroxylation is 1. The van der Waals surface area contributed by atoms with E-state index in [4.69, 9.17) is 14.2 Å². The van der Waals surface area contributed by atoms with E-state index in [2.05, 4.69) is 36.3 Å². The summed E-state index contributed by atoms with van der Waals surface area (Å²) in [6.07, 6.45) is 12.8. The number of allylic oxidation sites excluding steroid dienone is 2. The van der Waals surface area contributed by atoms with E-state index in [-0.39, 0.29) is 5.97 Å². The first-order chi connectivity index (χ1) is 14.3.